The molecular formula is C11H11BrF3NO5. The van der Waals surface area contributed by atoms with Gasteiger partial charge in [-0.25, -0.2) is 4.79 Å². The van der Waals surface area contributed by atoms with E-state index in [2.05, 4.69) is 26.0 Å². The Hall–Kier alpha value is -1.52. The third kappa shape index (κ3) is 5.40. The van der Waals surface area contributed by atoms with Crippen LogP contribution in [0.5, 0.6) is 5.75 Å². The fraction of sp³-hybridized carbons (Fsp3) is 0.364. The fourth-order valence-corrected chi connectivity index (χ4v) is 1.90. The molecule has 4 N–H and O–H groups in total. The zero-order chi connectivity index (χ0) is 16.2. The summed E-state index contributed by atoms with van der Waals surface area (Å²) in [6, 6.07) is 1.88. The minimum atomic E-state index is -4.97. The number of carbonyl (C=O) groups is 1. The number of carboxylic acids is 1. The Morgan fingerprint density at radius 2 is 2.05 bits per heavy atom. The predicted molar refractivity (Wildman–Crippen MR) is 69.4 cm³/mol. The second-order valence-electron chi connectivity index (χ2n) is 3.91. The summed E-state index contributed by atoms with van der Waals surface area (Å²) in [7, 11) is 0. The number of anilines is 1. The Labute approximate surface area is 125 Å². The van der Waals surface area contributed by atoms with Gasteiger partial charge in [-0.05, 0) is 28.1 Å². The van der Waals surface area contributed by atoms with Gasteiger partial charge in [-0.3, -0.25) is 0 Å². The highest BCUT2D eigenvalue weighted by atomic mass is 79.9. The summed E-state index contributed by atoms with van der Waals surface area (Å²) in [6.07, 6.45) is -6.20. The topological polar surface area (TPSA) is 99.0 Å². The van der Waals surface area contributed by atoms with Crippen molar-refractivity contribution in [2.75, 3.05) is 18.5 Å². The number of aliphatic hydroxyl groups excluding tert-OH is 2. The van der Waals surface area contributed by atoms with Crippen molar-refractivity contribution in [2.45, 2.75) is 12.5 Å². The molecule has 0 saturated heterocycles. The first-order valence-corrected chi connectivity index (χ1v) is 6.28. The number of ether oxygens (including phenoxy) is 1. The van der Waals surface area contributed by atoms with Crippen molar-refractivity contribution in [1.82, 2.24) is 0 Å². The highest BCUT2D eigenvalue weighted by Crippen LogP contribution is 2.38. The number of rotatable bonds is 6. The first-order chi connectivity index (χ1) is 9.64. The van der Waals surface area contributed by atoms with Crippen molar-refractivity contribution in [2.24, 2.45) is 0 Å². The number of hydrogen-bond acceptors (Lipinski definition) is 5. The first kappa shape index (κ1) is 17.5. The summed E-state index contributed by atoms with van der Waals surface area (Å²) < 4.78 is 40.6. The summed E-state index contributed by atoms with van der Waals surface area (Å²) in [6.45, 7) is -0.900. The molecule has 1 rings (SSSR count). The lowest BCUT2D eigenvalue weighted by Crippen LogP contribution is -2.24. The van der Waals surface area contributed by atoms with E-state index < -0.39 is 30.8 Å². The normalized spacial score (nSPS) is 12.9. The Morgan fingerprint density at radius 1 is 1.43 bits per heavy atom. The van der Waals surface area contributed by atoms with E-state index in [1.165, 1.54) is 0 Å². The molecule has 1 unspecified atom stereocenters. The smallest absolute Gasteiger partial charge is 0.478 e. The average molecular weight is 374 g/mol. The number of benzene rings is 1. The van der Waals surface area contributed by atoms with Crippen molar-refractivity contribution < 1.29 is 38.0 Å². The van der Waals surface area contributed by atoms with E-state index in [0.717, 1.165) is 12.1 Å². The average Bonchev–Trinajstić information content (AvgIpc) is 2.37. The molecule has 0 amide bonds. The van der Waals surface area contributed by atoms with Crippen LogP contribution in [-0.2, 0) is 0 Å². The molecule has 0 aliphatic rings. The number of carboxylic acid groups (broad SMARTS) is 1. The number of nitrogens with one attached hydrogen (secondary N) is 1. The van der Waals surface area contributed by atoms with Gasteiger partial charge in [0.1, 0.15) is 0 Å². The molecule has 0 bridgehead atoms. The summed E-state index contributed by atoms with van der Waals surface area (Å²) >= 11 is 2.80. The van der Waals surface area contributed by atoms with Crippen LogP contribution in [0.25, 0.3) is 0 Å². The molecule has 0 saturated carbocycles. The van der Waals surface area contributed by atoms with Gasteiger partial charge in [0.05, 0.1) is 28.4 Å². The van der Waals surface area contributed by atoms with Crippen LogP contribution in [0.1, 0.15) is 10.4 Å². The second kappa shape index (κ2) is 6.96. The van der Waals surface area contributed by atoms with E-state index in [0.29, 0.717) is 0 Å². The second-order valence-corrected chi connectivity index (χ2v) is 4.76. The molecule has 0 heterocycles. The monoisotopic (exact) mass is 373 g/mol. The number of aromatic carboxylic acids is 1. The Balaban J connectivity index is 3.16. The van der Waals surface area contributed by atoms with Crippen molar-refractivity contribution in [3.8, 4) is 5.75 Å². The number of halogens is 4. The van der Waals surface area contributed by atoms with Gasteiger partial charge in [-0.15, -0.1) is 13.2 Å². The van der Waals surface area contributed by atoms with Gasteiger partial charge in [-0.1, -0.05) is 0 Å². The van der Waals surface area contributed by atoms with E-state index in [1.807, 2.05) is 0 Å². The minimum Gasteiger partial charge on any atom is -0.478 e. The molecule has 0 fully saturated rings. The lowest BCUT2D eigenvalue weighted by Gasteiger charge is -2.18. The van der Waals surface area contributed by atoms with Crippen LogP contribution < -0.4 is 10.1 Å². The molecule has 0 spiro atoms. The van der Waals surface area contributed by atoms with Gasteiger partial charge in [0.15, 0.2) is 5.75 Å². The van der Waals surface area contributed by atoms with E-state index in [-0.39, 0.29) is 22.3 Å². The number of hydrogen-bond donors (Lipinski definition) is 4. The molecule has 10 heteroatoms. The first-order valence-electron chi connectivity index (χ1n) is 5.49. The highest BCUT2D eigenvalue weighted by molar-refractivity contribution is 9.10. The van der Waals surface area contributed by atoms with E-state index in [9.17, 15) is 23.1 Å². The summed E-state index contributed by atoms with van der Waals surface area (Å²) in [4.78, 5) is 10.9. The van der Waals surface area contributed by atoms with Crippen LogP contribution in [0, 0.1) is 0 Å². The van der Waals surface area contributed by atoms with Crippen LogP contribution in [-0.4, -0.2) is 46.9 Å². The van der Waals surface area contributed by atoms with Crippen molar-refractivity contribution in [3.05, 3.63) is 22.2 Å². The maximum absolute atomic E-state index is 12.3. The molecule has 1 atom stereocenters. The zero-order valence-corrected chi connectivity index (χ0v) is 11.9. The number of aliphatic hydroxyl groups is 2. The van der Waals surface area contributed by atoms with Gasteiger partial charge in [0.25, 0.3) is 0 Å². The summed E-state index contributed by atoms with van der Waals surface area (Å²) in [5.74, 6) is -2.02. The van der Waals surface area contributed by atoms with Crippen LogP contribution in [0.4, 0.5) is 18.9 Å². The largest absolute Gasteiger partial charge is 0.573 e. The van der Waals surface area contributed by atoms with Gasteiger partial charge < -0.3 is 25.4 Å². The van der Waals surface area contributed by atoms with Gasteiger partial charge in [-0.2, -0.15) is 0 Å². The molecule has 0 aromatic heterocycles. The third-order valence-electron chi connectivity index (χ3n) is 2.25. The van der Waals surface area contributed by atoms with Crippen LogP contribution in [0.2, 0.25) is 0 Å². The molecule has 1 aromatic carbocycles. The molecule has 0 radical (unpaired) electrons. The zero-order valence-electron chi connectivity index (χ0n) is 10.3. The molecule has 118 valence electrons. The maximum atomic E-state index is 12.3. The molecule has 21 heavy (non-hydrogen) atoms. The van der Waals surface area contributed by atoms with E-state index in [4.69, 9.17) is 10.2 Å². The Morgan fingerprint density at radius 3 is 2.52 bits per heavy atom. The Kier molecular flexibility index (Phi) is 5.81. The van der Waals surface area contributed by atoms with Crippen molar-refractivity contribution in [3.63, 3.8) is 0 Å². The van der Waals surface area contributed by atoms with E-state index in [1.54, 1.807) is 0 Å². The maximum Gasteiger partial charge on any atom is 0.573 e. The van der Waals surface area contributed by atoms with Crippen molar-refractivity contribution in [1.29, 1.82) is 0 Å². The minimum absolute atomic E-state index is 0.222. The SMILES string of the molecule is O=C(O)c1cc(Br)c(OC(F)(F)F)c(NCC(O)CO)c1. The molecule has 0 aliphatic heterocycles. The van der Waals surface area contributed by atoms with E-state index >= 15 is 0 Å². The third-order valence-corrected chi connectivity index (χ3v) is 2.84. The van der Waals surface area contributed by atoms with Crippen LogP contribution >= 0.6 is 15.9 Å². The summed E-state index contributed by atoms with van der Waals surface area (Å²) in [5.41, 5.74) is -0.566. The molecule has 6 nitrogen and oxygen atoms in total. The lowest BCUT2D eigenvalue weighted by molar-refractivity contribution is -0.274. The van der Waals surface area contributed by atoms with Gasteiger partial charge >= 0.3 is 12.3 Å². The standard InChI is InChI=1S/C11H11BrF3NO5/c12-7-1-5(10(19)20)2-8(16-3-6(18)4-17)9(7)21-11(13,14)15/h1-2,6,16-18H,3-4H2,(H,19,20). The highest BCUT2D eigenvalue weighted by Gasteiger charge is 2.33. The molecule has 0 aliphatic carbocycles. The van der Waals surface area contributed by atoms with Gasteiger partial charge in [0, 0.05) is 6.54 Å². The lowest BCUT2D eigenvalue weighted by atomic mass is 10.2. The fourth-order valence-electron chi connectivity index (χ4n) is 1.36. The van der Waals surface area contributed by atoms with Crippen molar-refractivity contribution >= 4 is 27.6 Å². The van der Waals surface area contributed by atoms with Gasteiger partial charge in [0.2, 0.25) is 0 Å². The molecular weight excluding hydrogens is 363 g/mol. The Bertz CT molecular complexity index is 523. The van der Waals surface area contributed by atoms with Crippen LogP contribution in [0.3, 0.4) is 0 Å². The predicted octanol–water partition coefficient (Wildman–Crippen LogP) is 1.81. The summed E-state index contributed by atoms with van der Waals surface area (Å²) in [5, 5.41) is 29.1. The van der Waals surface area contributed by atoms with Crippen LogP contribution in [0.15, 0.2) is 16.6 Å². The number of alkyl halides is 3. The molecule has 1 aromatic rings. The quantitative estimate of drug-likeness (QED) is 0.606.